The van der Waals surface area contributed by atoms with Gasteiger partial charge >= 0.3 is 0 Å². The van der Waals surface area contributed by atoms with Crippen molar-refractivity contribution in [2.45, 2.75) is 6.42 Å². The summed E-state index contributed by atoms with van der Waals surface area (Å²) in [5.41, 5.74) is 15.4. The summed E-state index contributed by atoms with van der Waals surface area (Å²) in [4.78, 5) is 23.1. The van der Waals surface area contributed by atoms with Crippen LogP contribution in [0.1, 0.15) is 6.42 Å². The van der Waals surface area contributed by atoms with E-state index < -0.39 is 5.91 Å². The minimum Gasteiger partial charge on any atom is -0.369 e. The standard InChI is InChI=1S/C7H16N4O2/c8-1-3-11(4-2-9)7(13)5-6(10)12/h1-5,8-9H2,(H2,10,12). The average molecular weight is 188 g/mol. The van der Waals surface area contributed by atoms with Gasteiger partial charge < -0.3 is 22.1 Å². The molecule has 0 aliphatic heterocycles. The Morgan fingerprint density at radius 2 is 1.54 bits per heavy atom. The molecule has 0 fully saturated rings. The van der Waals surface area contributed by atoms with Crippen LogP contribution in [0.3, 0.4) is 0 Å². The molecule has 0 saturated heterocycles. The average Bonchev–Trinajstić information content (AvgIpc) is 2.02. The molecule has 0 atom stereocenters. The molecule has 13 heavy (non-hydrogen) atoms. The SMILES string of the molecule is NCCN(CCN)C(=O)CC(N)=O. The molecule has 0 saturated carbocycles. The van der Waals surface area contributed by atoms with Crippen LogP contribution in [0.5, 0.6) is 0 Å². The largest absolute Gasteiger partial charge is 0.369 e. The van der Waals surface area contributed by atoms with E-state index in [0.29, 0.717) is 26.2 Å². The number of hydrogen-bond donors (Lipinski definition) is 3. The Hall–Kier alpha value is -1.14. The summed E-state index contributed by atoms with van der Waals surface area (Å²) in [6.45, 7) is 1.52. The first-order chi connectivity index (χ1) is 6.11. The van der Waals surface area contributed by atoms with E-state index in [1.807, 2.05) is 0 Å². The summed E-state index contributed by atoms with van der Waals surface area (Å²) in [6, 6.07) is 0. The molecule has 0 aromatic carbocycles. The summed E-state index contributed by atoms with van der Waals surface area (Å²) < 4.78 is 0. The van der Waals surface area contributed by atoms with Gasteiger partial charge in [-0.3, -0.25) is 9.59 Å². The number of primary amides is 1. The molecule has 0 rings (SSSR count). The predicted octanol–water partition coefficient (Wildman–Crippen LogP) is -2.39. The summed E-state index contributed by atoms with van der Waals surface area (Å²) in [7, 11) is 0. The highest BCUT2D eigenvalue weighted by Gasteiger charge is 2.13. The van der Waals surface area contributed by atoms with E-state index in [1.54, 1.807) is 0 Å². The Kier molecular flexibility index (Phi) is 5.82. The van der Waals surface area contributed by atoms with Crippen LogP contribution in [0.25, 0.3) is 0 Å². The number of nitrogens with two attached hydrogens (primary N) is 3. The van der Waals surface area contributed by atoms with E-state index >= 15 is 0 Å². The van der Waals surface area contributed by atoms with Crippen molar-refractivity contribution in [2.75, 3.05) is 26.2 Å². The molecule has 0 aromatic rings. The third-order valence-corrected chi connectivity index (χ3v) is 1.48. The number of carbonyl (C=O) groups excluding carboxylic acids is 2. The quantitative estimate of drug-likeness (QED) is 0.403. The van der Waals surface area contributed by atoms with Crippen molar-refractivity contribution in [3.8, 4) is 0 Å². The van der Waals surface area contributed by atoms with E-state index in [-0.39, 0.29) is 12.3 Å². The summed E-state index contributed by atoms with van der Waals surface area (Å²) in [5.74, 6) is -0.951. The Balaban J connectivity index is 4.02. The number of nitrogens with zero attached hydrogens (tertiary/aromatic N) is 1. The van der Waals surface area contributed by atoms with Crippen molar-refractivity contribution >= 4 is 11.8 Å². The van der Waals surface area contributed by atoms with Crippen LogP contribution in [0, 0.1) is 0 Å². The van der Waals surface area contributed by atoms with Crippen LogP contribution in [0.15, 0.2) is 0 Å². The van der Waals surface area contributed by atoms with Gasteiger partial charge in [-0.1, -0.05) is 0 Å². The summed E-state index contributed by atoms with van der Waals surface area (Å²) in [6.07, 6.45) is -0.278. The van der Waals surface area contributed by atoms with Gasteiger partial charge in [-0.15, -0.1) is 0 Å². The fourth-order valence-corrected chi connectivity index (χ4v) is 0.934. The number of carbonyl (C=O) groups is 2. The molecular weight excluding hydrogens is 172 g/mol. The Morgan fingerprint density at radius 3 is 1.85 bits per heavy atom. The first-order valence-electron chi connectivity index (χ1n) is 4.08. The zero-order valence-corrected chi connectivity index (χ0v) is 7.53. The van der Waals surface area contributed by atoms with Crippen molar-refractivity contribution in [1.82, 2.24) is 4.90 Å². The molecule has 6 nitrogen and oxygen atoms in total. The maximum atomic E-state index is 11.2. The lowest BCUT2D eigenvalue weighted by atomic mass is 10.3. The minimum absolute atomic E-state index is 0.278. The molecule has 76 valence electrons. The van der Waals surface area contributed by atoms with Gasteiger partial charge in [-0.05, 0) is 0 Å². The summed E-state index contributed by atoms with van der Waals surface area (Å²) >= 11 is 0. The second kappa shape index (κ2) is 6.38. The van der Waals surface area contributed by atoms with Crippen LogP contribution in [-0.4, -0.2) is 42.9 Å². The van der Waals surface area contributed by atoms with Gasteiger partial charge in [-0.25, -0.2) is 0 Å². The number of rotatable bonds is 6. The molecule has 2 amide bonds. The van der Waals surface area contributed by atoms with Gasteiger partial charge in [0.05, 0.1) is 0 Å². The molecule has 0 bridgehead atoms. The Bertz CT molecular complexity index is 177. The zero-order chi connectivity index (χ0) is 10.3. The zero-order valence-electron chi connectivity index (χ0n) is 7.53. The van der Waals surface area contributed by atoms with Gasteiger partial charge in [-0.2, -0.15) is 0 Å². The van der Waals surface area contributed by atoms with Crippen LogP contribution in [0.4, 0.5) is 0 Å². The predicted molar refractivity (Wildman–Crippen MR) is 48.5 cm³/mol. The van der Waals surface area contributed by atoms with Crippen LogP contribution in [-0.2, 0) is 9.59 Å². The topological polar surface area (TPSA) is 115 Å². The van der Waals surface area contributed by atoms with Crippen molar-refractivity contribution in [3.63, 3.8) is 0 Å². The fourth-order valence-electron chi connectivity index (χ4n) is 0.934. The van der Waals surface area contributed by atoms with Gasteiger partial charge in [0.15, 0.2) is 0 Å². The lowest BCUT2D eigenvalue weighted by molar-refractivity contribution is -0.134. The van der Waals surface area contributed by atoms with Gasteiger partial charge in [0.25, 0.3) is 0 Å². The van der Waals surface area contributed by atoms with E-state index in [0.717, 1.165) is 0 Å². The maximum absolute atomic E-state index is 11.2. The highest BCUT2D eigenvalue weighted by molar-refractivity contribution is 5.96. The van der Waals surface area contributed by atoms with Gasteiger partial charge in [0, 0.05) is 26.2 Å². The Morgan fingerprint density at radius 1 is 1.08 bits per heavy atom. The molecular formula is C7H16N4O2. The van der Waals surface area contributed by atoms with Crippen molar-refractivity contribution in [2.24, 2.45) is 17.2 Å². The number of hydrogen-bond acceptors (Lipinski definition) is 4. The molecule has 6 N–H and O–H groups in total. The maximum Gasteiger partial charge on any atom is 0.232 e. The smallest absolute Gasteiger partial charge is 0.232 e. The minimum atomic E-state index is -0.635. The second-order valence-electron chi connectivity index (χ2n) is 2.60. The first-order valence-corrected chi connectivity index (χ1v) is 4.08. The van der Waals surface area contributed by atoms with E-state index in [9.17, 15) is 9.59 Å². The third kappa shape index (κ3) is 5.15. The van der Waals surface area contributed by atoms with Crippen LogP contribution >= 0.6 is 0 Å². The second-order valence-corrected chi connectivity index (χ2v) is 2.60. The van der Waals surface area contributed by atoms with Gasteiger partial charge in [0.1, 0.15) is 6.42 Å². The van der Waals surface area contributed by atoms with E-state index in [2.05, 4.69) is 0 Å². The van der Waals surface area contributed by atoms with Crippen molar-refractivity contribution in [3.05, 3.63) is 0 Å². The van der Waals surface area contributed by atoms with E-state index in [1.165, 1.54) is 4.90 Å². The third-order valence-electron chi connectivity index (χ3n) is 1.48. The van der Waals surface area contributed by atoms with Crippen molar-refractivity contribution in [1.29, 1.82) is 0 Å². The molecule has 0 heterocycles. The molecule has 0 aliphatic carbocycles. The highest BCUT2D eigenvalue weighted by Crippen LogP contribution is 1.92. The monoisotopic (exact) mass is 188 g/mol. The molecule has 0 unspecified atom stereocenters. The highest BCUT2D eigenvalue weighted by atomic mass is 16.2. The van der Waals surface area contributed by atoms with Gasteiger partial charge in [0.2, 0.25) is 11.8 Å². The Labute approximate surface area is 77.0 Å². The molecule has 0 spiro atoms. The van der Waals surface area contributed by atoms with Crippen molar-refractivity contribution < 1.29 is 9.59 Å². The van der Waals surface area contributed by atoms with E-state index in [4.69, 9.17) is 17.2 Å². The van der Waals surface area contributed by atoms with Crippen LogP contribution < -0.4 is 17.2 Å². The molecule has 6 heteroatoms. The number of amides is 2. The lowest BCUT2D eigenvalue weighted by Crippen LogP contribution is -2.40. The molecule has 0 aromatic heterocycles. The lowest BCUT2D eigenvalue weighted by Gasteiger charge is -2.20. The molecule has 0 radical (unpaired) electrons. The summed E-state index contributed by atoms with van der Waals surface area (Å²) in [5, 5.41) is 0. The van der Waals surface area contributed by atoms with Crippen LogP contribution in [0.2, 0.25) is 0 Å². The first kappa shape index (κ1) is 11.9. The normalized spacial score (nSPS) is 9.69. The fraction of sp³-hybridized carbons (Fsp3) is 0.714. The molecule has 0 aliphatic rings.